The number of methoxy groups -OCH3 is 1. The molecule has 2 aromatic carbocycles. The fraction of sp³-hybridized carbons (Fsp3) is 0.176. The quantitative estimate of drug-likeness (QED) is 0.678. The van der Waals surface area contributed by atoms with Crippen LogP contribution in [0.3, 0.4) is 0 Å². The van der Waals surface area contributed by atoms with Gasteiger partial charge in [0.25, 0.3) is 0 Å². The van der Waals surface area contributed by atoms with Crippen molar-refractivity contribution < 1.29 is 22.7 Å². The maximum atomic E-state index is 12.2. The summed E-state index contributed by atoms with van der Waals surface area (Å²) in [6, 6.07) is 12.3. The minimum absolute atomic E-state index is 0.0331. The van der Waals surface area contributed by atoms with E-state index in [-0.39, 0.29) is 10.8 Å². The first-order chi connectivity index (χ1) is 12.3. The van der Waals surface area contributed by atoms with Crippen molar-refractivity contribution in [2.24, 2.45) is 0 Å². The zero-order valence-electron chi connectivity index (χ0n) is 14.3. The number of carbonyl (C=O) groups excluding carboxylic acids is 2. The molecule has 0 aliphatic carbocycles. The van der Waals surface area contributed by atoms with E-state index in [2.05, 4.69) is 15.4 Å². The predicted molar refractivity (Wildman–Crippen MR) is 97.6 cm³/mol. The van der Waals surface area contributed by atoms with Crippen LogP contribution in [0, 0.1) is 0 Å². The van der Waals surface area contributed by atoms with Crippen molar-refractivity contribution in [1.82, 2.24) is 4.72 Å². The van der Waals surface area contributed by atoms with Crippen molar-refractivity contribution in [2.75, 3.05) is 24.3 Å². The third-order valence-electron chi connectivity index (χ3n) is 3.28. The molecule has 0 atom stereocenters. The Balaban J connectivity index is 1.91. The lowest BCUT2D eigenvalue weighted by Crippen LogP contribution is -2.32. The number of anilines is 2. The number of hydrogen-bond donors (Lipinski definition) is 3. The Labute approximate surface area is 151 Å². The molecule has 0 fully saturated rings. The van der Waals surface area contributed by atoms with Crippen LogP contribution in [-0.2, 0) is 19.6 Å². The van der Waals surface area contributed by atoms with Crippen molar-refractivity contribution in [3.8, 4) is 5.75 Å². The second-order valence-electron chi connectivity index (χ2n) is 5.31. The van der Waals surface area contributed by atoms with E-state index < -0.39 is 22.5 Å². The van der Waals surface area contributed by atoms with Crippen LogP contribution in [0.15, 0.2) is 53.4 Å². The lowest BCUT2D eigenvalue weighted by atomic mass is 10.2. The molecule has 0 aromatic heterocycles. The van der Waals surface area contributed by atoms with Gasteiger partial charge in [-0.1, -0.05) is 0 Å². The van der Waals surface area contributed by atoms with Crippen LogP contribution in [0.4, 0.5) is 11.4 Å². The highest BCUT2D eigenvalue weighted by molar-refractivity contribution is 7.89. The monoisotopic (exact) mass is 377 g/mol. The van der Waals surface area contributed by atoms with Gasteiger partial charge in [0.2, 0.25) is 21.8 Å². The van der Waals surface area contributed by atoms with Gasteiger partial charge in [0, 0.05) is 18.3 Å². The maximum absolute atomic E-state index is 12.2. The minimum atomic E-state index is -3.81. The molecular formula is C17H19N3O5S. The Bertz CT molecular complexity index is 878. The van der Waals surface area contributed by atoms with Gasteiger partial charge in [-0.2, -0.15) is 0 Å². The third kappa shape index (κ3) is 5.57. The van der Waals surface area contributed by atoms with E-state index in [0.717, 1.165) is 0 Å². The normalized spacial score (nSPS) is 10.8. The summed E-state index contributed by atoms with van der Waals surface area (Å²) in [5.74, 6) is -0.187. The smallest absolute Gasteiger partial charge is 0.241 e. The second kappa shape index (κ2) is 8.45. The summed E-state index contributed by atoms with van der Waals surface area (Å²) in [5, 5.41) is 5.17. The van der Waals surface area contributed by atoms with Gasteiger partial charge in [-0.3, -0.25) is 9.59 Å². The van der Waals surface area contributed by atoms with Crippen LogP contribution >= 0.6 is 0 Å². The van der Waals surface area contributed by atoms with Crippen LogP contribution in [0.25, 0.3) is 0 Å². The first-order valence-corrected chi connectivity index (χ1v) is 9.10. The molecule has 2 rings (SSSR count). The number of nitrogens with one attached hydrogen (secondary N) is 3. The molecule has 0 bridgehead atoms. The number of amides is 2. The summed E-state index contributed by atoms with van der Waals surface area (Å²) in [6.45, 7) is 0.979. The molecule has 0 saturated carbocycles. The molecule has 3 N–H and O–H groups in total. The van der Waals surface area contributed by atoms with Crippen molar-refractivity contribution in [3.63, 3.8) is 0 Å². The van der Waals surface area contributed by atoms with Crippen molar-refractivity contribution in [3.05, 3.63) is 48.5 Å². The van der Waals surface area contributed by atoms with E-state index in [0.29, 0.717) is 17.1 Å². The Morgan fingerprint density at radius 2 is 1.46 bits per heavy atom. The fourth-order valence-electron chi connectivity index (χ4n) is 2.04. The Kier molecular flexibility index (Phi) is 6.31. The molecule has 0 heterocycles. The molecule has 26 heavy (non-hydrogen) atoms. The second-order valence-corrected chi connectivity index (χ2v) is 7.07. The summed E-state index contributed by atoms with van der Waals surface area (Å²) in [5.41, 5.74) is 1.07. The van der Waals surface area contributed by atoms with E-state index in [9.17, 15) is 18.0 Å². The average Bonchev–Trinajstić information content (AvgIpc) is 2.61. The standard InChI is InChI=1S/C17H19N3O5S/c1-12(21)19-13-3-5-14(6-4-13)20-17(22)11-18-26(23,24)16-9-7-15(25-2)8-10-16/h3-10,18H,11H2,1-2H3,(H,19,21)(H,20,22). The molecular weight excluding hydrogens is 358 g/mol. The maximum Gasteiger partial charge on any atom is 0.241 e. The molecule has 0 spiro atoms. The van der Waals surface area contributed by atoms with Crippen molar-refractivity contribution >= 4 is 33.2 Å². The molecule has 0 unspecified atom stereocenters. The molecule has 0 radical (unpaired) electrons. The summed E-state index contributed by atoms with van der Waals surface area (Å²) >= 11 is 0. The molecule has 2 amide bonds. The van der Waals surface area contributed by atoms with E-state index >= 15 is 0 Å². The van der Waals surface area contributed by atoms with Gasteiger partial charge >= 0.3 is 0 Å². The molecule has 0 saturated heterocycles. The molecule has 138 valence electrons. The number of ether oxygens (including phenoxy) is 1. The van der Waals surface area contributed by atoms with Gasteiger partial charge in [-0.25, -0.2) is 13.1 Å². The van der Waals surface area contributed by atoms with Gasteiger partial charge in [0.15, 0.2) is 0 Å². The molecule has 9 heteroatoms. The van der Waals surface area contributed by atoms with Crippen LogP contribution in [0.1, 0.15) is 6.92 Å². The largest absolute Gasteiger partial charge is 0.497 e. The fourth-order valence-corrected chi connectivity index (χ4v) is 3.03. The molecule has 8 nitrogen and oxygen atoms in total. The lowest BCUT2D eigenvalue weighted by molar-refractivity contribution is -0.115. The number of benzene rings is 2. The highest BCUT2D eigenvalue weighted by Crippen LogP contribution is 2.15. The molecule has 0 aliphatic heterocycles. The van der Waals surface area contributed by atoms with Gasteiger partial charge in [0.05, 0.1) is 18.6 Å². The summed E-state index contributed by atoms with van der Waals surface area (Å²) in [6.07, 6.45) is 0. The van der Waals surface area contributed by atoms with Crippen molar-refractivity contribution in [1.29, 1.82) is 0 Å². The van der Waals surface area contributed by atoms with Crippen LogP contribution in [0.5, 0.6) is 5.75 Å². The number of hydrogen-bond acceptors (Lipinski definition) is 5. The van der Waals surface area contributed by atoms with Gasteiger partial charge < -0.3 is 15.4 Å². The van der Waals surface area contributed by atoms with Gasteiger partial charge in [0.1, 0.15) is 5.75 Å². The summed E-state index contributed by atoms with van der Waals surface area (Å²) in [4.78, 5) is 22.9. The van der Waals surface area contributed by atoms with Crippen molar-refractivity contribution in [2.45, 2.75) is 11.8 Å². The number of rotatable bonds is 7. The topological polar surface area (TPSA) is 114 Å². The van der Waals surface area contributed by atoms with E-state index in [4.69, 9.17) is 4.74 Å². The number of carbonyl (C=O) groups is 2. The Morgan fingerprint density at radius 1 is 0.923 bits per heavy atom. The zero-order valence-corrected chi connectivity index (χ0v) is 15.1. The minimum Gasteiger partial charge on any atom is -0.497 e. The first kappa shape index (κ1) is 19.4. The Hall–Kier alpha value is -2.91. The Morgan fingerprint density at radius 3 is 1.96 bits per heavy atom. The summed E-state index contributed by atoms with van der Waals surface area (Å²) in [7, 11) is -2.33. The lowest BCUT2D eigenvalue weighted by Gasteiger charge is -2.09. The predicted octanol–water partition coefficient (Wildman–Crippen LogP) is 1.57. The first-order valence-electron chi connectivity index (χ1n) is 7.61. The SMILES string of the molecule is COc1ccc(S(=O)(=O)NCC(=O)Nc2ccc(NC(C)=O)cc2)cc1. The van der Waals surface area contributed by atoms with Gasteiger partial charge in [-0.05, 0) is 48.5 Å². The molecule has 0 aliphatic rings. The van der Waals surface area contributed by atoms with E-state index in [1.807, 2.05) is 0 Å². The number of sulfonamides is 1. The van der Waals surface area contributed by atoms with E-state index in [1.54, 1.807) is 24.3 Å². The van der Waals surface area contributed by atoms with Crippen LogP contribution in [-0.4, -0.2) is 33.9 Å². The van der Waals surface area contributed by atoms with Crippen LogP contribution < -0.4 is 20.1 Å². The average molecular weight is 377 g/mol. The van der Waals surface area contributed by atoms with Crippen LogP contribution in [0.2, 0.25) is 0 Å². The highest BCUT2D eigenvalue weighted by Gasteiger charge is 2.15. The zero-order chi connectivity index (χ0) is 19.2. The van der Waals surface area contributed by atoms with Gasteiger partial charge in [-0.15, -0.1) is 0 Å². The summed E-state index contributed by atoms with van der Waals surface area (Å²) < 4.78 is 31.5. The van der Waals surface area contributed by atoms with E-state index in [1.165, 1.54) is 38.3 Å². The highest BCUT2D eigenvalue weighted by atomic mass is 32.2. The molecule has 2 aromatic rings. The third-order valence-corrected chi connectivity index (χ3v) is 4.70.